The van der Waals surface area contributed by atoms with Crippen molar-refractivity contribution in [2.45, 2.75) is 33.6 Å². The van der Waals surface area contributed by atoms with E-state index in [4.69, 9.17) is 0 Å². The third-order valence-corrected chi connectivity index (χ3v) is 5.06. The van der Waals surface area contributed by atoms with Crippen LogP contribution in [0, 0.1) is 24.7 Å². The summed E-state index contributed by atoms with van der Waals surface area (Å²) in [6.45, 7) is 8.59. The number of hydrogen-bond acceptors (Lipinski definition) is 2. The Kier molecular flexibility index (Phi) is 4.42. The van der Waals surface area contributed by atoms with Crippen molar-refractivity contribution >= 4 is 17.5 Å². The van der Waals surface area contributed by atoms with Gasteiger partial charge in [-0.2, -0.15) is 0 Å². The van der Waals surface area contributed by atoms with Gasteiger partial charge in [-0.05, 0) is 36.8 Å². The summed E-state index contributed by atoms with van der Waals surface area (Å²) in [5.74, 6) is 1.13. The second-order valence-corrected chi connectivity index (χ2v) is 7.38. The Morgan fingerprint density at radius 3 is 2.39 bits per heavy atom. The highest BCUT2D eigenvalue weighted by Gasteiger charge is 2.39. The van der Waals surface area contributed by atoms with Gasteiger partial charge in [0.2, 0.25) is 11.8 Å². The highest BCUT2D eigenvalue weighted by Crippen LogP contribution is 2.30. The molecule has 0 N–H and O–H groups in total. The molecule has 2 saturated heterocycles. The van der Waals surface area contributed by atoms with Crippen molar-refractivity contribution in [2.24, 2.45) is 17.8 Å². The number of nitrogens with zero attached hydrogens (tertiary/aromatic N) is 2. The van der Waals surface area contributed by atoms with Crippen LogP contribution in [-0.2, 0) is 9.59 Å². The first-order valence-corrected chi connectivity index (χ1v) is 8.60. The zero-order valence-electron chi connectivity index (χ0n) is 14.3. The molecular weight excluding hydrogens is 288 g/mol. The fraction of sp³-hybridized carbons (Fsp3) is 0.579. The molecule has 3 rings (SSSR count). The molecule has 0 bridgehead atoms. The van der Waals surface area contributed by atoms with Crippen LogP contribution in [0.1, 0.15) is 32.3 Å². The Morgan fingerprint density at radius 2 is 1.74 bits per heavy atom. The van der Waals surface area contributed by atoms with Crippen molar-refractivity contribution in [2.75, 3.05) is 24.5 Å². The molecule has 1 aromatic carbocycles. The first kappa shape index (κ1) is 16.0. The lowest BCUT2D eigenvalue weighted by Crippen LogP contribution is -2.45. The Bertz CT molecular complexity index is 603. The summed E-state index contributed by atoms with van der Waals surface area (Å²) < 4.78 is 0. The summed E-state index contributed by atoms with van der Waals surface area (Å²) in [4.78, 5) is 29.0. The first-order valence-electron chi connectivity index (χ1n) is 8.60. The number of piperidine rings is 1. The van der Waals surface area contributed by atoms with Crippen LogP contribution in [0.5, 0.6) is 0 Å². The highest BCUT2D eigenvalue weighted by molar-refractivity contribution is 6.00. The molecule has 0 spiro atoms. The molecule has 2 aliphatic heterocycles. The minimum Gasteiger partial charge on any atom is -0.342 e. The van der Waals surface area contributed by atoms with Gasteiger partial charge in [-0.25, -0.2) is 0 Å². The molecule has 23 heavy (non-hydrogen) atoms. The molecule has 2 aliphatic rings. The summed E-state index contributed by atoms with van der Waals surface area (Å²) in [6, 6.07) is 7.88. The van der Waals surface area contributed by atoms with E-state index >= 15 is 0 Å². The van der Waals surface area contributed by atoms with Crippen molar-refractivity contribution in [3.8, 4) is 0 Å². The molecule has 124 valence electrons. The molecule has 2 heterocycles. The third-order valence-electron chi connectivity index (χ3n) is 5.06. The van der Waals surface area contributed by atoms with Gasteiger partial charge in [0.15, 0.2) is 0 Å². The lowest BCUT2D eigenvalue weighted by molar-refractivity contribution is -0.138. The standard InChI is InChI=1S/C19H26N2O2/c1-13-8-14(2)11-20(10-13)19(23)16-9-18(22)21(12-16)17-7-5-4-6-15(17)3/h4-7,13-14,16H,8-12H2,1-3H3/t13-,14-,16+/m1/s1. The second kappa shape index (κ2) is 6.34. The van der Waals surface area contributed by atoms with Crippen LogP contribution in [-0.4, -0.2) is 36.3 Å². The monoisotopic (exact) mass is 314 g/mol. The number of aryl methyl sites for hydroxylation is 1. The maximum Gasteiger partial charge on any atom is 0.228 e. The molecule has 2 amide bonds. The smallest absolute Gasteiger partial charge is 0.228 e. The maximum atomic E-state index is 12.8. The molecular formula is C19H26N2O2. The van der Waals surface area contributed by atoms with E-state index < -0.39 is 0 Å². The molecule has 1 aromatic rings. The molecule has 0 unspecified atom stereocenters. The van der Waals surface area contributed by atoms with Gasteiger partial charge >= 0.3 is 0 Å². The summed E-state index contributed by atoms with van der Waals surface area (Å²) in [5.41, 5.74) is 2.02. The number of amides is 2. The zero-order chi connectivity index (χ0) is 16.6. The van der Waals surface area contributed by atoms with Gasteiger partial charge in [0, 0.05) is 31.7 Å². The largest absolute Gasteiger partial charge is 0.342 e. The first-order chi connectivity index (χ1) is 11.0. The maximum absolute atomic E-state index is 12.8. The highest BCUT2D eigenvalue weighted by atomic mass is 16.2. The summed E-state index contributed by atoms with van der Waals surface area (Å²) in [5, 5.41) is 0. The molecule has 4 heteroatoms. The number of benzene rings is 1. The predicted molar refractivity (Wildman–Crippen MR) is 91.2 cm³/mol. The molecule has 0 radical (unpaired) electrons. The van der Waals surface area contributed by atoms with Crippen LogP contribution < -0.4 is 4.90 Å². The number of likely N-dealkylation sites (tertiary alicyclic amines) is 1. The lowest BCUT2D eigenvalue weighted by Gasteiger charge is -2.36. The van der Waals surface area contributed by atoms with Crippen molar-refractivity contribution < 1.29 is 9.59 Å². The minimum absolute atomic E-state index is 0.0655. The van der Waals surface area contributed by atoms with Gasteiger partial charge in [-0.3, -0.25) is 9.59 Å². The second-order valence-electron chi connectivity index (χ2n) is 7.38. The van der Waals surface area contributed by atoms with E-state index in [-0.39, 0.29) is 17.7 Å². The molecule has 0 saturated carbocycles. The summed E-state index contributed by atoms with van der Waals surface area (Å²) in [6.07, 6.45) is 1.52. The van der Waals surface area contributed by atoms with Crippen molar-refractivity contribution in [1.29, 1.82) is 0 Å². The van der Waals surface area contributed by atoms with E-state index in [1.807, 2.05) is 36.1 Å². The van der Waals surface area contributed by atoms with Gasteiger partial charge in [0.1, 0.15) is 0 Å². The number of carbonyl (C=O) groups excluding carboxylic acids is 2. The van der Waals surface area contributed by atoms with E-state index in [1.165, 1.54) is 6.42 Å². The van der Waals surface area contributed by atoms with Crippen molar-refractivity contribution in [1.82, 2.24) is 4.90 Å². The average molecular weight is 314 g/mol. The summed E-state index contributed by atoms with van der Waals surface area (Å²) >= 11 is 0. The molecule has 4 nitrogen and oxygen atoms in total. The number of hydrogen-bond donors (Lipinski definition) is 0. The van der Waals surface area contributed by atoms with E-state index in [1.54, 1.807) is 4.90 Å². The van der Waals surface area contributed by atoms with E-state index in [0.29, 0.717) is 24.8 Å². The van der Waals surface area contributed by atoms with Gasteiger partial charge < -0.3 is 9.80 Å². The topological polar surface area (TPSA) is 40.6 Å². The van der Waals surface area contributed by atoms with Crippen LogP contribution in [0.2, 0.25) is 0 Å². The SMILES string of the molecule is Cc1ccccc1N1C[C@@H](C(=O)N2C[C@H](C)C[C@@H](C)C2)CC1=O. The normalized spacial score (nSPS) is 28.3. The van der Waals surface area contributed by atoms with E-state index in [0.717, 1.165) is 24.3 Å². The third kappa shape index (κ3) is 3.26. The van der Waals surface area contributed by atoms with Gasteiger partial charge in [-0.15, -0.1) is 0 Å². The van der Waals surface area contributed by atoms with Crippen LogP contribution in [0.25, 0.3) is 0 Å². The Hall–Kier alpha value is -1.84. The Balaban J connectivity index is 1.72. The van der Waals surface area contributed by atoms with Gasteiger partial charge in [0.05, 0.1) is 5.92 Å². The zero-order valence-corrected chi connectivity index (χ0v) is 14.3. The van der Waals surface area contributed by atoms with Crippen LogP contribution in [0.15, 0.2) is 24.3 Å². The molecule has 0 aliphatic carbocycles. The van der Waals surface area contributed by atoms with E-state index in [2.05, 4.69) is 13.8 Å². The fourth-order valence-electron chi connectivity index (χ4n) is 4.07. The lowest BCUT2D eigenvalue weighted by atomic mass is 9.91. The van der Waals surface area contributed by atoms with Crippen LogP contribution in [0.4, 0.5) is 5.69 Å². The Labute approximate surface area is 138 Å². The number of para-hydroxylation sites is 1. The average Bonchev–Trinajstić information content (AvgIpc) is 2.88. The van der Waals surface area contributed by atoms with Crippen molar-refractivity contribution in [3.05, 3.63) is 29.8 Å². The number of carbonyl (C=O) groups is 2. The summed E-state index contributed by atoms with van der Waals surface area (Å²) in [7, 11) is 0. The fourth-order valence-corrected chi connectivity index (χ4v) is 4.07. The van der Waals surface area contributed by atoms with Gasteiger partial charge in [-0.1, -0.05) is 32.0 Å². The number of anilines is 1. The van der Waals surface area contributed by atoms with Gasteiger partial charge in [0.25, 0.3) is 0 Å². The quantitative estimate of drug-likeness (QED) is 0.842. The van der Waals surface area contributed by atoms with Crippen LogP contribution in [0.3, 0.4) is 0 Å². The van der Waals surface area contributed by atoms with E-state index in [9.17, 15) is 9.59 Å². The molecule has 2 fully saturated rings. The molecule has 0 aromatic heterocycles. The van der Waals surface area contributed by atoms with Crippen molar-refractivity contribution in [3.63, 3.8) is 0 Å². The van der Waals surface area contributed by atoms with Crippen LogP contribution >= 0.6 is 0 Å². The number of rotatable bonds is 2. The predicted octanol–water partition coefficient (Wildman–Crippen LogP) is 2.85. The molecule has 3 atom stereocenters. The minimum atomic E-state index is -0.195. The Morgan fingerprint density at radius 1 is 1.09 bits per heavy atom.